The van der Waals surface area contributed by atoms with E-state index in [-0.39, 0.29) is 45.3 Å². The fraction of sp³-hybridized carbons (Fsp3) is 1.00. The van der Waals surface area contributed by atoms with Crippen LogP contribution >= 0.6 is 46.4 Å². The van der Waals surface area contributed by atoms with Gasteiger partial charge in [0.15, 0.2) is 0 Å². The van der Waals surface area contributed by atoms with Gasteiger partial charge in [0.25, 0.3) is 0 Å². The quantitative estimate of drug-likeness (QED) is 0.378. The van der Waals surface area contributed by atoms with Gasteiger partial charge in [-0.05, 0) is 0 Å². The fourth-order valence-electron chi connectivity index (χ4n) is 0. The van der Waals surface area contributed by atoms with Gasteiger partial charge in [0.1, 0.15) is 24.3 Å². The maximum absolute atomic E-state index is 7.33. The van der Waals surface area contributed by atoms with E-state index < -0.39 is 0 Å². The van der Waals surface area contributed by atoms with E-state index in [2.05, 4.69) is 46.4 Å². The summed E-state index contributed by atoms with van der Waals surface area (Å²) in [6, 6.07) is -1.11. The molecule has 9 heteroatoms. The van der Waals surface area contributed by atoms with E-state index in [0.29, 0.717) is 0 Å². The molecule has 0 atom stereocenters. The largest absolute Gasteiger partial charge is 0.381 e. The third-order valence-electron chi connectivity index (χ3n) is 0. The summed E-state index contributed by atoms with van der Waals surface area (Å²) in [5, 5.41) is 29.3. The number of aliphatic hydroxyl groups excluding tert-OH is 4. The van der Waals surface area contributed by atoms with E-state index in [0.717, 1.165) is 0 Å². The Labute approximate surface area is 112 Å². The topological polar surface area (TPSA) is 80.9 Å². The van der Waals surface area contributed by atoms with Crippen LogP contribution in [0.15, 0.2) is 0 Å². The fourth-order valence-corrected chi connectivity index (χ4v) is 0. The predicted octanol–water partition coefficient (Wildman–Crippen LogP) is 0.697. The second-order valence-corrected chi connectivity index (χ2v) is 1.43. The molecule has 86 valence electrons. The zero-order valence-corrected chi connectivity index (χ0v) is 11.6. The van der Waals surface area contributed by atoms with Gasteiger partial charge in [-0.25, -0.2) is 0 Å². The average molecular weight is 362 g/mol. The van der Waals surface area contributed by atoms with Crippen LogP contribution in [0.4, 0.5) is 0 Å². The molecule has 0 spiro atoms. The van der Waals surface area contributed by atoms with Gasteiger partial charge in [-0.15, -0.1) is 0 Å². The molecule has 0 unspecified atom stereocenters. The summed E-state index contributed by atoms with van der Waals surface area (Å²) in [6.45, 7) is 0. The van der Waals surface area contributed by atoms with Crippen molar-refractivity contribution < 1.29 is 41.5 Å². The normalized spacial score (nSPS) is 5.54. The molecule has 0 radical (unpaired) electrons. The van der Waals surface area contributed by atoms with Gasteiger partial charge in [-0.1, -0.05) is 46.4 Å². The van der Waals surface area contributed by atoms with Crippen LogP contribution < -0.4 is 0 Å². The molecule has 0 aromatic carbocycles. The molecule has 4 nitrogen and oxygen atoms in total. The summed E-state index contributed by atoms with van der Waals surface area (Å²) in [5.41, 5.74) is 0. The van der Waals surface area contributed by atoms with Gasteiger partial charge in [0.05, 0.1) is 0 Å². The van der Waals surface area contributed by atoms with E-state index in [1.165, 1.54) is 0 Å². The van der Waals surface area contributed by atoms with E-state index >= 15 is 0 Å². The van der Waals surface area contributed by atoms with Crippen LogP contribution in [0.2, 0.25) is 0 Å². The van der Waals surface area contributed by atoms with Gasteiger partial charge in [0, 0.05) is 21.1 Å². The maximum Gasteiger partial charge on any atom is 0.117 e. The molecule has 0 saturated carbocycles. The first-order chi connectivity index (χ1) is 5.66. The molecule has 0 aliphatic carbocycles. The Kier molecular flexibility index (Phi) is 154. The van der Waals surface area contributed by atoms with Gasteiger partial charge in [0.2, 0.25) is 0 Å². The number of alkyl halides is 4. The van der Waals surface area contributed by atoms with Gasteiger partial charge < -0.3 is 20.4 Å². The number of hydrogen-bond acceptors (Lipinski definition) is 4. The summed E-state index contributed by atoms with van der Waals surface area (Å²) in [5.74, 6) is 0. The Morgan fingerprint density at radius 2 is 0.538 bits per heavy atom. The van der Waals surface area contributed by atoms with Crippen molar-refractivity contribution in [1.29, 1.82) is 0 Å². The minimum atomic E-state index is -0.278. The van der Waals surface area contributed by atoms with E-state index in [1.807, 2.05) is 0 Å². The molecular weight excluding hydrogens is 350 g/mol. The molecule has 0 saturated heterocycles. The predicted molar refractivity (Wildman–Crippen MR) is 51.8 cm³/mol. The van der Waals surface area contributed by atoms with E-state index in [4.69, 9.17) is 20.4 Å². The third-order valence-corrected chi connectivity index (χ3v) is 0. The third kappa shape index (κ3) is 656. The van der Waals surface area contributed by atoms with Crippen molar-refractivity contribution in [3.63, 3.8) is 0 Å². The second-order valence-electron chi connectivity index (χ2n) is 0.478. The van der Waals surface area contributed by atoms with Crippen LogP contribution in [0.3, 0.4) is 0 Å². The summed E-state index contributed by atoms with van der Waals surface area (Å²) < 4.78 is 0. The summed E-state index contributed by atoms with van der Waals surface area (Å²) in [6.07, 6.45) is 0. The van der Waals surface area contributed by atoms with E-state index in [9.17, 15) is 0 Å². The monoisotopic (exact) mass is 362 g/mol. The Morgan fingerprint density at radius 3 is 0.538 bits per heavy atom. The first kappa shape index (κ1) is 29.3. The van der Waals surface area contributed by atoms with Gasteiger partial charge in [-0.2, -0.15) is 0 Å². The van der Waals surface area contributed by atoms with Crippen molar-refractivity contribution in [1.82, 2.24) is 0 Å². The van der Waals surface area contributed by atoms with Crippen molar-refractivity contribution in [2.75, 3.05) is 24.3 Å². The second kappa shape index (κ2) is 68.1. The van der Waals surface area contributed by atoms with Gasteiger partial charge >= 0.3 is 0 Å². The van der Waals surface area contributed by atoms with Crippen LogP contribution in [0, 0.1) is 0 Å². The smallest absolute Gasteiger partial charge is 0.117 e. The number of halogens is 4. The molecule has 4 N–H and O–H groups in total. The van der Waals surface area contributed by atoms with Crippen LogP contribution in [0.25, 0.3) is 0 Å². The molecule has 0 heterocycles. The Hall–Kier alpha value is 1.69. The zero-order valence-electron chi connectivity index (χ0n) is 6.54. The number of aliphatic hydroxyl groups is 4. The Bertz CT molecular complexity index is 32.1. The Balaban J connectivity index is -0.0000000213. The summed E-state index contributed by atoms with van der Waals surface area (Å²) in [4.78, 5) is 0. The Morgan fingerprint density at radius 1 is 0.538 bits per heavy atom. The SMILES string of the molecule is OCCl.OCCl.OCCl.OCCl.[Mo]. The average Bonchev–Trinajstić information content (AvgIpc) is 1.92. The molecule has 0 aliphatic rings. The van der Waals surface area contributed by atoms with Crippen LogP contribution in [0.1, 0.15) is 0 Å². The van der Waals surface area contributed by atoms with Crippen LogP contribution in [-0.4, -0.2) is 44.7 Å². The maximum atomic E-state index is 7.33. The molecule has 0 amide bonds. The van der Waals surface area contributed by atoms with Crippen molar-refractivity contribution >= 4 is 46.4 Å². The molecular formula is C4H12Cl4MoO4. The van der Waals surface area contributed by atoms with Crippen LogP contribution in [-0.2, 0) is 21.1 Å². The minimum Gasteiger partial charge on any atom is -0.381 e. The molecule has 0 aromatic rings. The molecule has 0 bridgehead atoms. The minimum absolute atomic E-state index is 0. The molecule has 0 rings (SSSR count). The van der Waals surface area contributed by atoms with Crippen LogP contribution in [0.5, 0.6) is 0 Å². The van der Waals surface area contributed by atoms with E-state index in [1.54, 1.807) is 0 Å². The van der Waals surface area contributed by atoms with Crippen molar-refractivity contribution in [2.24, 2.45) is 0 Å². The van der Waals surface area contributed by atoms with Crippen molar-refractivity contribution in [2.45, 2.75) is 0 Å². The van der Waals surface area contributed by atoms with Gasteiger partial charge in [-0.3, -0.25) is 0 Å². The standard InChI is InChI=1S/4CH3ClO.Mo/c4*2-1-3;/h4*3H,1H2;. The molecule has 0 fully saturated rings. The van der Waals surface area contributed by atoms with Crippen molar-refractivity contribution in [3.05, 3.63) is 0 Å². The summed E-state index contributed by atoms with van der Waals surface area (Å²) >= 11 is 18.2. The zero-order chi connectivity index (χ0) is 10.8. The molecule has 0 aliphatic heterocycles. The number of hydrogen-bond donors (Lipinski definition) is 4. The van der Waals surface area contributed by atoms with Crippen molar-refractivity contribution in [3.8, 4) is 0 Å². The summed E-state index contributed by atoms with van der Waals surface area (Å²) in [7, 11) is 0. The molecule has 13 heavy (non-hydrogen) atoms. The first-order valence-corrected chi connectivity index (χ1v) is 4.47. The number of rotatable bonds is 0. The first-order valence-electron chi connectivity index (χ1n) is 2.33. The molecule has 0 aromatic heterocycles.